The van der Waals surface area contributed by atoms with Crippen molar-refractivity contribution in [3.05, 3.63) is 23.8 Å². The van der Waals surface area contributed by atoms with Crippen LogP contribution in [0.2, 0.25) is 0 Å². The van der Waals surface area contributed by atoms with Gasteiger partial charge in [0.15, 0.2) is 0 Å². The number of carbonyl (C=O) groups is 1. The van der Waals surface area contributed by atoms with Crippen molar-refractivity contribution in [2.75, 3.05) is 40.6 Å². The normalized spacial score (nSPS) is 10.2. The highest BCUT2D eigenvalue weighted by atomic mass is 16.5. The zero-order chi connectivity index (χ0) is 14.8. The van der Waals surface area contributed by atoms with Crippen LogP contribution in [0.4, 0.5) is 0 Å². The Morgan fingerprint density at radius 2 is 1.85 bits per heavy atom. The van der Waals surface area contributed by atoms with Gasteiger partial charge in [-0.2, -0.15) is 0 Å². The number of aliphatic hydroxyl groups excluding tert-OH is 1. The second-order valence-corrected chi connectivity index (χ2v) is 3.98. The topological polar surface area (TPSA) is 77.0 Å². The fraction of sp³-hybridized carbons (Fsp3) is 0.500. The first kappa shape index (κ1) is 16.3. The van der Waals surface area contributed by atoms with E-state index >= 15 is 0 Å². The maximum Gasteiger partial charge on any atom is 0.258 e. The van der Waals surface area contributed by atoms with Gasteiger partial charge < -0.3 is 24.6 Å². The van der Waals surface area contributed by atoms with Crippen LogP contribution < -0.4 is 14.8 Å². The molecule has 0 aromatic heterocycles. The molecule has 2 N–H and O–H groups in total. The Kier molecular flexibility index (Phi) is 7.46. The van der Waals surface area contributed by atoms with Crippen molar-refractivity contribution in [1.82, 2.24) is 5.32 Å². The Morgan fingerprint density at radius 1 is 1.20 bits per heavy atom. The number of ether oxygens (including phenoxy) is 3. The van der Waals surface area contributed by atoms with E-state index in [0.717, 1.165) is 0 Å². The first-order chi connectivity index (χ1) is 9.74. The number of methoxy groups -OCH3 is 2. The maximum atomic E-state index is 12.1. The van der Waals surface area contributed by atoms with Crippen LogP contribution in [0.25, 0.3) is 0 Å². The highest BCUT2D eigenvalue weighted by molar-refractivity contribution is 5.99. The number of hydrogen-bond acceptors (Lipinski definition) is 5. The van der Waals surface area contributed by atoms with Crippen molar-refractivity contribution >= 4 is 5.91 Å². The third kappa shape index (κ3) is 4.71. The van der Waals surface area contributed by atoms with Gasteiger partial charge in [-0.15, -0.1) is 0 Å². The first-order valence-electron chi connectivity index (χ1n) is 6.42. The number of aliphatic hydroxyl groups is 1. The summed E-state index contributed by atoms with van der Waals surface area (Å²) < 4.78 is 15.5. The predicted molar refractivity (Wildman–Crippen MR) is 74.4 cm³/mol. The molecule has 0 aliphatic rings. The van der Waals surface area contributed by atoms with Gasteiger partial charge in [0.2, 0.25) is 0 Å². The molecule has 0 atom stereocenters. The summed E-state index contributed by atoms with van der Waals surface area (Å²) in [6.45, 7) is 1.29. The van der Waals surface area contributed by atoms with E-state index < -0.39 is 0 Å². The molecule has 0 spiro atoms. The van der Waals surface area contributed by atoms with E-state index in [1.54, 1.807) is 18.2 Å². The average molecular weight is 283 g/mol. The summed E-state index contributed by atoms with van der Waals surface area (Å²) in [5.41, 5.74) is 0.383. The molecule has 0 aliphatic heterocycles. The van der Waals surface area contributed by atoms with E-state index in [0.29, 0.717) is 43.2 Å². The number of carbonyl (C=O) groups excluding carboxylic acids is 1. The maximum absolute atomic E-state index is 12.1. The van der Waals surface area contributed by atoms with Crippen LogP contribution in [0.15, 0.2) is 18.2 Å². The summed E-state index contributed by atoms with van der Waals surface area (Å²) >= 11 is 0. The van der Waals surface area contributed by atoms with Crippen LogP contribution in [0.1, 0.15) is 16.8 Å². The second-order valence-electron chi connectivity index (χ2n) is 3.98. The molecule has 0 aliphatic carbocycles. The lowest BCUT2D eigenvalue weighted by molar-refractivity contribution is 0.0865. The summed E-state index contributed by atoms with van der Waals surface area (Å²) in [6.07, 6.45) is 0.670. The number of rotatable bonds is 9. The standard InChI is InChI=1S/C14H21NO5/c1-18-11-5-3-6-12(19-2)13(11)14(17)15-7-4-9-20-10-8-16/h3,5-6,16H,4,7-10H2,1-2H3,(H,15,17). The van der Waals surface area contributed by atoms with Gasteiger partial charge in [-0.25, -0.2) is 0 Å². The summed E-state index contributed by atoms with van der Waals surface area (Å²) in [5, 5.41) is 11.3. The number of nitrogens with one attached hydrogen (secondary N) is 1. The van der Waals surface area contributed by atoms with Crippen LogP contribution in [-0.2, 0) is 4.74 Å². The van der Waals surface area contributed by atoms with E-state index in [-0.39, 0.29) is 12.5 Å². The molecular formula is C14H21NO5. The minimum absolute atomic E-state index is 0.00473. The van der Waals surface area contributed by atoms with Gasteiger partial charge in [0.05, 0.1) is 27.4 Å². The molecule has 1 aromatic carbocycles. The molecule has 6 heteroatoms. The van der Waals surface area contributed by atoms with E-state index in [1.165, 1.54) is 14.2 Å². The fourth-order valence-corrected chi connectivity index (χ4v) is 1.71. The van der Waals surface area contributed by atoms with E-state index in [4.69, 9.17) is 19.3 Å². The van der Waals surface area contributed by atoms with Gasteiger partial charge in [-0.1, -0.05) is 6.07 Å². The van der Waals surface area contributed by atoms with Gasteiger partial charge in [0.1, 0.15) is 17.1 Å². The number of hydrogen-bond donors (Lipinski definition) is 2. The molecule has 0 saturated carbocycles. The van der Waals surface area contributed by atoms with E-state index in [2.05, 4.69) is 5.32 Å². The van der Waals surface area contributed by atoms with Crippen molar-refractivity contribution in [1.29, 1.82) is 0 Å². The Balaban J connectivity index is 2.54. The van der Waals surface area contributed by atoms with Crippen molar-refractivity contribution in [2.45, 2.75) is 6.42 Å². The molecule has 0 bridgehead atoms. The monoisotopic (exact) mass is 283 g/mol. The van der Waals surface area contributed by atoms with Gasteiger partial charge in [0.25, 0.3) is 5.91 Å². The molecule has 0 heterocycles. The van der Waals surface area contributed by atoms with Crippen molar-refractivity contribution in [3.8, 4) is 11.5 Å². The Labute approximate surface area is 118 Å². The van der Waals surface area contributed by atoms with Crippen LogP contribution in [0.5, 0.6) is 11.5 Å². The predicted octanol–water partition coefficient (Wildman–Crippen LogP) is 0.833. The summed E-state index contributed by atoms with van der Waals surface area (Å²) in [4.78, 5) is 12.1. The zero-order valence-corrected chi connectivity index (χ0v) is 11.8. The lowest BCUT2D eigenvalue weighted by Crippen LogP contribution is -2.26. The van der Waals surface area contributed by atoms with Crippen molar-refractivity contribution < 1.29 is 24.1 Å². The first-order valence-corrected chi connectivity index (χ1v) is 6.42. The summed E-state index contributed by atoms with van der Waals surface area (Å²) in [5.74, 6) is 0.693. The van der Waals surface area contributed by atoms with Gasteiger partial charge in [-0.05, 0) is 18.6 Å². The molecule has 0 saturated heterocycles. The lowest BCUT2D eigenvalue weighted by Gasteiger charge is -2.12. The van der Waals surface area contributed by atoms with E-state index in [1.807, 2.05) is 0 Å². The summed E-state index contributed by atoms with van der Waals surface area (Å²) in [7, 11) is 3.02. The molecule has 1 aromatic rings. The largest absolute Gasteiger partial charge is 0.496 e. The zero-order valence-electron chi connectivity index (χ0n) is 11.8. The van der Waals surface area contributed by atoms with Crippen LogP contribution >= 0.6 is 0 Å². The smallest absolute Gasteiger partial charge is 0.258 e. The van der Waals surface area contributed by atoms with Gasteiger partial charge >= 0.3 is 0 Å². The molecule has 1 rings (SSSR count). The van der Waals surface area contributed by atoms with Gasteiger partial charge in [0, 0.05) is 13.2 Å². The molecule has 6 nitrogen and oxygen atoms in total. The highest BCUT2D eigenvalue weighted by Gasteiger charge is 2.17. The second kappa shape index (κ2) is 9.17. The molecular weight excluding hydrogens is 262 g/mol. The minimum atomic E-state index is -0.249. The SMILES string of the molecule is COc1cccc(OC)c1C(=O)NCCCOCCO. The van der Waals surface area contributed by atoms with Crippen LogP contribution in [0, 0.1) is 0 Å². The van der Waals surface area contributed by atoms with Crippen LogP contribution in [-0.4, -0.2) is 51.6 Å². The van der Waals surface area contributed by atoms with Crippen molar-refractivity contribution in [2.24, 2.45) is 0 Å². The minimum Gasteiger partial charge on any atom is -0.496 e. The fourth-order valence-electron chi connectivity index (χ4n) is 1.71. The average Bonchev–Trinajstić information content (AvgIpc) is 2.49. The summed E-state index contributed by atoms with van der Waals surface area (Å²) in [6, 6.07) is 5.18. The lowest BCUT2D eigenvalue weighted by atomic mass is 10.1. The Morgan fingerprint density at radius 3 is 2.40 bits per heavy atom. The molecule has 0 radical (unpaired) electrons. The molecule has 112 valence electrons. The molecule has 1 amide bonds. The number of amides is 1. The Hall–Kier alpha value is -1.79. The van der Waals surface area contributed by atoms with E-state index in [9.17, 15) is 4.79 Å². The van der Waals surface area contributed by atoms with Crippen LogP contribution in [0.3, 0.4) is 0 Å². The quantitative estimate of drug-likeness (QED) is 0.657. The Bertz CT molecular complexity index is 400. The van der Waals surface area contributed by atoms with Gasteiger partial charge in [-0.3, -0.25) is 4.79 Å². The number of benzene rings is 1. The molecule has 0 fully saturated rings. The third-order valence-corrected chi connectivity index (χ3v) is 2.64. The highest BCUT2D eigenvalue weighted by Crippen LogP contribution is 2.27. The van der Waals surface area contributed by atoms with Crippen molar-refractivity contribution in [3.63, 3.8) is 0 Å². The third-order valence-electron chi connectivity index (χ3n) is 2.64. The molecule has 0 unspecified atom stereocenters. The molecule has 20 heavy (non-hydrogen) atoms.